The van der Waals surface area contributed by atoms with E-state index in [4.69, 9.17) is 9.47 Å². The average molecular weight is 422 g/mol. The summed E-state index contributed by atoms with van der Waals surface area (Å²) in [5, 5.41) is 3.57. The third kappa shape index (κ3) is 4.11. The molecule has 1 aromatic carbocycles. The highest BCUT2D eigenvalue weighted by molar-refractivity contribution is 5.62. The van der Waals surface area contributed by atoms with Crippen molar-refractivity contribution in [2.24, 2.45) is 5.92 Å². The Kier molecular flexibility index (Phi) is 6.26. The minimum atomic E-state index is 0.358. The highest BCUT2D eigenvalue weighted by Gasteiger charge is 2.53. The molecule has 2 heterocycles. The fourth-order valence-corrected chi connectivity index (χ4v) is 6.47. The largest absolute Gasteiger partial charge is 0.382 e. The molecule has 2 aromatic rings. The third-order valence-corrected chi connectivity index (χ3v) is 7.86. The van der Waals surface area contributed by atoms with Crippen LogP contribution in [0, 0.1) is 5.92 Å². The second-order valence-corrected chi connectivity index (χ2v) is 9.41. The quantitative estimate of drug-likeness (QED) is 0.634. The maximum Gasteiger partial charge on any atom is 0.0700 e. The molecule has 2 aliphatic carbocycles. The zero-order chi connectivity index (χ0) is 21.1. The van der Waals surface area contributed by atoms with Gasteiger partial charge in [0.25, 0.3) is 0 Å². The molecule has 1 saturated carbocycles. The highest BCUT2D eigenvalue weighted by Crippen LogP contribution is 2.56. The van der Waals surface area contributed by atoms with E-state index >= 15 is 0 Å². The van der Waals surface area contributed by atoms with Crippen LogP contribution in [-0.2, 0) is 21.3 Å². The van der Waals surface area contributed by atoms with Crippen molar-refractivity contribution in [1.82, 2.24) is 9.88 Å². The predicted octanol–water partition coefficient (Wildman–Crippen LogP) is 4.55. The van der Waals surface area contributed by atoms with Crippen LogP contribution in [0.4, 0.5) is 11.4 Å². The molecule has 0 radical (unpaired) electrons. The van der Waals surface area contributed by atoms with E-state index in [1.807, 2.05) is 18.5 Å². The number of hydrogen-bond donors (Lipinski definition) is 1. The molecule has 1 aromatic heterocycles. The van der Waals surface area contributed by atoms with Crippen molar-refractivity contribution in [3.63, 3.8) is 0 Å². The Bertz CT molecular complexity index is 874. The van der Waals surface area contributed by atoms with Crippen molar-refractivity contribution in [2.75, 3.05) is 45.3 Å². The summed E-state index contributed by atoms with van der Waals surface area (Å²) < 4.78 is 10.9. The van der Waals surface area contributed by atoms with E-state index in [9.17, 15) is 0 Å². The summed E-state index contributed by atoms with van der Waals surface area (Å²) in [6.45, 7) is 4.40. The van der Waals surface area contributed by atoms with Gasteiger partial charge in [0.2, 0.25) is 0 Å². The summed E-state index contributed by atoms with van der Waals surface area (Å²) in [5.74, 6) is 0.773. The Morgan fingerprint density at radius 1 is 1.13 bits per heavy atom. The number of benzene rings is 1. The van der Waals surface area contributed by atoms with E-state index < -0.39 is 0 Å². The Morgan fingerprint density at radius 2 is 2.10 bits per heavy atom. The van der Waals surface area contributed by atoms with E-state index in [1.54, 1.807) is 18.2 Å². The van der Waals surface area contributed by atoms with Gasteiger partial charge in [0.15, 0.2) is 0 Å². The first kappa shape index (κ1) is 20.9. The first-order chi connectivity index (χ1) is 15.3. The minimum Gasteiger partial charge on any atom is -0.382 e. The van der Waals surface area contributed by atoms with Gasteiger partial charge in [-0.2, -0.15) is 0 Å². The van der Waals surface area contributed by atoms with Gasteiger partial charge >= 0.3 is 0 Å². The Hall–Kier alpha value is -1.95. The van der Waals surface area contributed by atoms with Gasteiger partial charge in [0.1, 0.15) is 0 Å². The molecule has 1 saturated heterocycles. The van der Waals surface area contributed by atoms with Crippen LogP contribution in [0.25, 0.3) is 0 Å². The summed E-state index contributed by atoms with van der Waals surface area (Å²) in [5.41, 5.74) is 5.79. The van der Waals surface area contributed by atoms with E-state index in [2.05, 4.69) is 39.5 Å². The van der Waals surface area contributed by atoms with Gasteiger partial charge < -0.3 is 14.8 Å². The van der Waals surface area contributed by atoms with Crippen molar-refractivity contribution in [1.29, 1.82) is 0 Å². The normalized spacial score (nSPS) is 27.4. The Morgan fingerprint density at radius 3 is 2.97 bits per heavy atom. The van der Waals surface area contributed by atoms with Crippen molar-refractivity contribution < 1.29 is 9.47 Å². The monoisotopic (exact) mass is 421 g/mol. The van der Waals surface area contributed by atoms with Gasteiger partial charge in [-0.25, -0.2) is 0 Å². The lowest BCUT2D eigenvalue weighted by Crippen LogP contribution is -2.61. The smallest absolute Gasteiger partial charge is 0.0700 e. The highest BCUT2D eigenvalue weighted by atomic mass is 16.5. The summed E-state index contributed by atoms with van der Waals surface area (Å²) in [7, 11) is 1.73. The van der Waals surface area contributed by atoms with Crippen LogP contribution in [0.15, 0.2) is 42.7 Å². The minimum absolute atomic E-state index is 0.358. The zero-order valence-electron chi connectivity index (χ0n) is 18.7. The summed E-state index contributed by atoms with van der Waals surface area (Å²) in [6, 6.07) is 11.8. The summed E-state index contributed by atoms with van der Waals surface area (Å²) >= 11 is 0. The molecule has 166 valence electrons. The first-order valence-corrected chi connectivity index (χ1v) is 11.9. The average Bonchev–Trinajstić information content (AvgIpc) is 2.81. The van der Waals surface area contributed by atoms with Crippen LogP contribution in [-0.4, -0.2) is 55.9 Å². The molecular weight excluding hydrogens is 386 g/mol. The van der Waals surface area contributed by atoms with E-state index in [0.717, 1.165) is 24.8 Å². The molecule has 1 aliphatic heterocycles. The topological polar surface area (TPSA) is 46.6 Å². The third-order valence-electron chi connectivity index (χ3n) is 7.86. The van der Waals surface area contributed by atoms with Crippen LogP contribution in [0.3, 0.4) is 0 Å². The molecule has 5 heteroatoms. The molecular formula is C26H35N3O2. The number of hydrogen-bond acceptors (Lipinski definition) is 5. The SMILES string of the molecule is COCCOCCN1CCC23CCCC[C@H]2[C@H]1Cc1ccc(Nc2cccnc2)cc13. The molecule has 5 rings (SSSR count). The van der Waals surface area contributed by atoms with E-state index in [1.165, 1.54) is 50.8 Å². The number of fused-ring (bicyclic) bond motifs is 1. The second kappa shape index (κ2) is 9.27. The number of anilines is 2. The molecule has 3 aliphatic rings. The van der Waals surface area contributed by atoms with E-state index in [0.29, 0.717) is 24.7 Å². The fraction of sp³-hybridized carbons (Fsp3) is 0.577. The molecule has 1 N–H and O–H groups in total. The lowest BCUT2D eigenvalue weighted by Gasteiger charge is -2.59. The number of likely N-dealkylation sites (tertiary alicyclic amines) is 1. The number of pyridine rings is 1. The zero-order valence-corrected chi connectivity index (χ0v) is 18.7. The number of nitrogens with zero attached hydrogens (tertiary/aromatic N) is 2. The van der Waals surface area contributed by atoms with Gasteiger partial charge in [-0.05, 0) is 73.5 Å². The van der Waals surface area contributed by atoms with Crippen LogP contribution in [0.5, 0.6) is 0 Å². The van der Waals surface area contributed by atoms with E-state index in [-0.39, 0.29) is 0 Å². The lowest BCUT2D eigenvalue weighted by molar-refractivity contribution is -0.0273. The molecule has 5 nitrogen and oxygen atoms in total. The number of rotatable bonds is 8. The van der Waals surface area contributed by atoms with Crippen molar-refractivity contribution in [3.8, 4) is 0 Å². The van der Waals surface area contributed by atoms with Gasteiger partial charge in [-0.15, -0.1) is 0 Å². The van der Waals surface area contributed by atoms with Crippen molar-refractivity contribution >= 4 is 11.4 Å². The van der Waals surface area contributed by atoms with Gasteiger partial charge in [0, 0.05) is 37.0 Å². The van der Waals surface area contributed by atoms with Gasteiger partial charge in [0.05, 0.1) is 31.7 Å². The van der Waals surface area contributed by atoms with Crippen molar-refractivity contribution in [3.05, 3.63) is 53.9 Å². The second-order valence-electron chi connectivity index (χ2n) is 9.41. The predicted molar refractivity (Wildman–Crippen MR) is 124 cm³/mol. The van der Waals surface area contributed by atoms with Crippen LogP contribution < -0.4 is 5.32 Å². The molecule has 2 fully saturated rings. The molecule has 2 bridgehead atoms. The summed E-state index contributed by atoms with van der Waals surface area (Å²) in [6.07, 6.45) is 11.6. The molecule has 0 amide bonds. The van der Waals surface area contributed by atoms with Crippen LogP contribution in [0.1, 0.15) is 43.2 Å². The molecule has 0 spiro atoms. The van der Waals surface area contributed by atoms with Crippen LogP contribution in [0.2, 0.25) is 0 Å². The molecule has 3 atom stereocenters. The first-order valence-electron chi connectivity index (χ1n) is 11.9. The Balaban J connectivity index is 1.38. The fourth-order valence-electron chi connectivity index (χ4n) is 6.47. The molecule has 1 unspecified atom stereocenters. The maximum absolute atomic E-state index is 5.81. The van der Waals surface area contributed by atoms with Gasteiger partial charge in [-0.1, -0.05) is 18.9 Å². The van der Waals surface area contributed by atoms with Crippen molar-refractivity contribution in [2.45, 2.75) is 50.0 Å². The standard InChI is InChI=1S/C26H35N3O2/c1-30-15-16-31-14-13-29-12-10-26-9-3-2-6-23(26)25(29)17-20-7-8-21(18-24(20)26)28-22-5-4-11-27-19-22/h4-5,7-8,11,18-19,23,25,28H,2-3,6,9-10,12-17H2,1H3/t23-,25+,26?/m0/s1. The van der Waals surface area contributed by atoms with Gasteiger partial charge in [-0.3, -0.25) is 9.88 Å². The maximum atomic E-state index is 5.81. The number of ether oxygens (including phenoxy) is 2. The number of nitrogens with one attached hydrogen (secondary N) is 1. The Labute approximate surface area is 186 Å². The number of piperidine rings is 1. The number of aromatic nitrogens is 1. The number of methoxy groups -OCH3 is 1. The molecule has 31 heavy (non-hydrogen) atoms. The lowest BCUT2D eigenvalue weighted by atomic mass is 9.52. The van der Waals surface area contributed by atoms with Crippen LogP contribution >= 0.6 is 0 Å². The summed E-state index contributed by atoms with van der Waals surface area (Å²) in [4.78, 5) is 6.97.